The number of nitriles is 1. The topological polar surface area (TPSA) is 106 Å². The molecule has 0 atom stereocenters. The Balaban J connectivity index is 1.36. The monoisotopic (exact) mass is 533 g/mol. The van der Waals surface area contributed by atoms with E-state index in [9.17, 15) is 19.6 Å². The van der Waals surface area contributed by atoms with Crippen molar-refractivity contribution in [2.75, 3.05) is 24.5 Å². The van der Waals surface area contributed by atoms with Crippen molar-refractivity contribution in [2.24, 2.45) is 10.2 Å². The number of thiophene rings is 1. The molecule has 0 bridgehead atoms. The number of amides is 2. The summed E-state index contributed by atoms with van der Waals surface area (Å²) in [6, 6.07) is 14.7. The molecule has 0 aliphatic carbocycles. The van der Waals surface area contributed by atoms with Gasteiger partial charge in [-0.2, -0.15) is 5.26 Å². The summed E-state index contributed by atoms with van der Waals surface area (Å²) >= 11 is 7.08. The van der Waals surface area contributed by atoms with E-state index in [2.05, 4.69) is 22.1 Å². The number of imide groups is 1. The number of benzene rings is 2. The van der Waals surface area contributed by atoms with E-state index < -0.39 is 0 Å². The molecule has 188 valence electrons. The first-order valence-corrected chi connectivity index (χ1v) is 13.0. The summed E-state index contributed by atoms with van der Waals surface area (Å²) in [5.74, 6) is -0.440. The molecule has 0 saturated carbocycles. The van der Waals surface area contributed by atoms with E-state index in [1.54, 1.807) is 24.3 Å². The van der Waals surface area contributed by atoms with Gasteiger partial charge in [0.15, 0.2) is 11.3 Å². The van der Waals surface area contributed by atoms with Crippen LogP contribution in [0.2, 0.25) is 5.02 Å². The number of azo groups is 1. The lowest BCUT2D eigenvalue weighted by molar-refractivity contribution is 0.0651. The number of carbonyl (C=O) groups is 3. The van der Waals surface area contributed by atoms with E-state index in [0.717, 1.165) is 42.1 Å². The maximum atomic E-state index is 12.5. The number of rotatable bonds is 10. The number of carbonyl (C=O) groups excluding carboxylic acids is 3. The highest BCUT2D eigenvalue weighted by atomic mass is 35.5. The molecule has 37 heavy (non-hydrogen) atoms. The van der Waals surface area contributed by atoms with Crippen molar-refractivity contribution < 1.29 is 14.4 Å². The van der Waals surface area contributed by atoms with Crippen LogP contribution in [0.4, 0.5) is 16.4 Å². The number of aryl methyl sites for hydroxylation is 1. The molecule has 0 spiro atoms. The first kappa shape index (κ1) is 26.2. The molecule has 4 rings (SSSR count). The zero-order chi connectivity index (χ0) is 26.5. The van der Waals surface area contributed by atoms with Crippen LogP contribution in [-0.2, 0) is 0 Å². The maximum absolute atomic E-state index is 12.5. The van der Waals surface area contributed by atoms with Crippen LogP contribution in [0.5, 0.6) is 0 Å². The highest BCUT2D eigenvalue weighted by Crippen LogP contribution is 2.39. The average Bonchev–Trinajstić information content (AvgIpc) is 3.35. The SMILES string of the molecule is CCN(CCCCN1C(=O)c2ccccc2C1=O)c1ccc(/N=N/c2sc(C=O)c(Cl)c2C#N)c(C)c1. The van der Waals surface area contributed by atoms with Gasteiger partial charge in [-0.3, -0.25) is 19.3 Å². The Morgan fingerprint density at radius 1 is 1.11 bits per heavy atom. The van der Waals surface area contributed by atoms with Gasteiger partial charge < -0.3 is 4.90 Å². The largest absolute Gasteiger partial charge is 0.372 e. The highest BCUT2D eigenvalue weighted by molar-refractivity contribution is 7.18. The van der Waals surface area contributed by atoms with Crippen molar-refractivity contribution >= 4 is 57.4 Å². The fourth-order valence-electron chi connectivity index (χ4n) is 4.19. The van der Waals surface area contributed by atoms with Gasteiger partial charge in [0.1, 0.15) is 11.6 Å². The van der Waals surface area contributed by atoms with Gasteiger partial charge in [0, 0.05) is 25.3 Å². The molecule has 0 radical (unpaired) electrons. The second-order valence-corrected chi connectivity index (χ2v) is 9.86. The van der Waals surface area contributed by atoms with Crippen LogP contribution in [-0.4, -0.2) is 42.6 Å². The Hall–Kier alpha value is -3.87. The smallest absolute Gasteiger partial charge is 0.261 e. The summed E-state index contributed by atoms with van der Waals surface area (Å²) in [5.41, 5.74) is 3.68. The molecule has 2 aromatic carbocycles. The molecule has 2 heterocycles. The number of fused-ring (bicyclic) bond motifs is 1. The van der Waals surface area contributed by atoms with E-state index in [-0.39, 0.29) is 27.3 Å². The van der Waals surface area contributed by atoms with Gasteiger partial charge in [-0.1, -0.05) is 23.7 Å². The zero-order valence-corrected chi connectivity index (χ0v) is 22.0. The predicted molar refractivity (Wildman–Crippen MR) is 144 cm³/mol. The van der Waals surface area contributed by atoms with E-state index in [1.807, 2.05) is 31.2 Å². The van der Waals surface area contributed by atoms with Gasteiger partial charge >= 0.3 is 0 Å². The Kier molecular flexibility index (Phi) is 8.11. The van der Waals surface area contributed by atoms with E-state index in [0.29, 0.717) is 41.1 Å². The van der Waals surface area contributed by atoms with Crippen LogP contribution >= 0.6 is 22.9 Å². The first-order valence-electron chi connectivity index (χ1n) is 11.8. The van der Waals surface area contributed by atoms with Crippen LogP contribution in [0.15, 0.2) is 52.7 Å². The molecule has 0 saturated heterocycles. The summed E-state index contributed by atoms with van der Waals surface area (Å²) in [6.07, 6.45) is 2.13. The van der Waals surface area contributed by atoms with Crippen LogP contribution in [0.3, 0.4) is 0 Å². The highest BCUT2D eigenvalue weighted by Gasteiger charge is 2.34. The molecule has 3 aromatic rings. The minimum absolute atomic E-state index is 0.102. The minimum atomic E-state index is -0.220. The molecule has 8 nitrogen and oxygen atoms in total. The molecule has 2 amide bonds. The summed E-state index contributed by atoms with van der Waals surface area (Å²) in [7, 11) is 0. The lowest BCUT2D eigenvalue weighted by Crippen LogP contribution is -2.31. The number of hydrogen-bond acceptors (Lipinski definition) is 8. The fraction of sp³-hybridized carbons (Fsp3) is 0.259. The second kappa shape index (κ2) is 11.5. The van der Waals surface area contributed by atoms with Crippen LogP contribution in [0, 0.1) is 18.3 Å². The summed E-state index contributed by atoms with van der Waals surface area (Å²) in [5, 5.41) is 18.1. The van der Waals surface area contributed by atoms with Gasteiger partial charge in [-0.25, -0.2) is 0 Å². The van der Waals surface area contributed by atoms with Crippen molar-refractivity contribution in [3.05, 3.63) is 74.6 Å². The van der Waals surface area contributed by atoms with Gasteiger partial charge in [0.05, 0.1) is 26.7 Å². The molecular weight excluding hydrogens is 510 g/mol. The Morgan fingerprint density at radius 3 is 2.41 bits per heavy atom. The average molecular weight is 534 g/mol. The molecule has 10 heteroatoms. The number of aldehydes is 1. The summed E-state index contributed by atoms with van der Waals surface area (Å²) < 4.78 is 0. The lowest BCUT2D eigenvalue weighted by atomic mass is 10.1. The zero-order valence-electron chi connectivity index (χ0n) is 20.4. The van der Waals surface area contributed by atoms with Crippen LogP contribution in [0.1, 0.15) is 61.3 Å². The second-order valence-electron chi connectivity index (χ2n) is 8.46. The Labute approximate surface area is 223 Å². The summed E-state index contributed by atoms with van der Waals surface area (Å²) in [6.45, 7) is 5.96. The van der Waals surface area contributed by atoms with Crippen LogP contribution in [0.25, 0.3) is 0 Å². The van der Waals surface area contributed by atoms with Crippen molar-refractivity contribution in [1.82, 2.24) is 4.90 Å². The molecular formula is C27H24ClN5O3S. The van der Waals surface area contributed by atoms with Crippen molar-refractivity contribution in [3.8, 4) is 6.07 Å². The molecule has 1 aliphatic heterocycles. The molecule has 1 aromatic heterocycles. The summed E-state index contributed by atoms with van der Waals surface area (Å²) in [4.78, 5) is 40.0. The van der Waals surface area contributed by atoms with E-state index in [4.69, 9.17) is 11.6 Å². The van der Waals surface area contributed by atoms with E-state index >= 15 is 0 Å². The molecule has 0 unspecified atom stereocenters. The number of hydrogen-bond donors (Lipinski definition) is 0. The lowest BCUT2D eigenvalue weighted by Gasteiger charge is -2.24. The van der Waals surface area contributed by atoms with Crippen molar-refractivity contribution in [3.63, 3.8) is 0 Å². The standard InChI is InChI=1S/C27H24ClN5O3S/c1-3-32(12-6-7-13-33-26(35)19-8-4-5-9-20(19)27(33)36)18-10-11-22(17(2)14-18)30-31-25-21(15-29)24(28)23(16-34)37-25/h4-5,8-11,14,16H,3,6-7,12-13H2,1-2H3/b31-30+. The number of nitrogens with zero attached hydrogens (tertiary/aromatic N) is 5. The minimum Gasteiger partial charge on any atom is -0.372 e. The van der Waals surface area contributed by atoms with Crippen molar-refractivity contribution in [2.45, 2.75) is 26.7 Å². The van der Waals surface area contributed by atoms with Gasteiger partial charge in [0.2, 0.25) is 0 Å². The quantitative estimate of drug-likeness (QED) is 0.124. The van der Waals surface area contributed by atoms with Gasteiger partial charge in [-0.05, 0) is 62.6 Å². The molecule has 1 aliphatic rings. The van der Waals surface area contributed by atoms with Crippen molar-refractivity contribution in [1.29, 1.82) is 5.26 Å². The Bertz CT molecular complexity index is 1410. The first-order chi connectivity index (χ1) is 17.9. The van der Waals surface area contributed by atoms with Gasteiger partial charge in [0.25, 0.3) is 11.8 Å². The predicted octanol–water partition coefficient (Wildman–Crippen LogP) is 6.71. The van der Waals surface area contributed by atoms with Crippen LogP contribution < -0.4 is 4.90 Å². The third-order valence-electron chi connectivity index (χ3n) is 6.19. The number of anilines is 1. The number of unbranched alkanes of at least 4 members (excludes halogenated alkanes) is 1. The molecule has 0 fully saturated rings. The third kappa shape index (κ3) is 5.31. The van der Waals surface area contributed by atoms with E-state index in [1.165, 1.54) is 4.90 Å². The van der Waals surface area contributed by atoms with Gasteiger partial charge in [-0.15, -0.1) is 21.6 Å². The fourth-order valence-corrected chi connectivity index (χ4v) is 5.32. The normalized spacial score (nSPS) is 12.8. The third-order valence-corrected chi connectivity index (χ3v) is 7.69. The maximum Gasteiger partial charge on any atom is 0.261 e. The molecule has 0 N–H and O–H groups in total. The number of halogens is 1. The Morgan fingerprint density at radius 2 is 1.81 bits per heavy atom.